The fourth-order valence-electron chi connectivity index (χ4n) is 0.377. The van der Waals surface area contributed by atoms with E-state index in [4.69, 9.17) is 10.5 Å². The number of nitrogens with zero attached hydrogens (tertiary/aromatic N) is 2. The summed E-state index contributed by atoms with van der Waals surface area (Å²) in [6, 6.07) is 3.18. The predicted molar refractivity (Wildman–Crippen MR) is 30.0 cm³/mol. The van der Waals surface area contributed by atoms with Gasteiger partial charge < -0.3 is 0 Å². The lowest BCUT2D eigenvalue weighted by Crippen LogP contribution is -2.07. The van der Waals surface area contributed by atoms with E-state index in [2.05, 4.69) is 0 Å². The number of rotatable bonds is 2. The van der Waals surface area contributed by atoms with Crippen LogP contribution in [0.25, 0.3) is 0 Å². The van der Waals surface area contributed by atoms with Crippen molar-refractivity contribution in [2.75, 3.05) is 0 Å². The number of carbonyl (C=O) groups excluding carboxylic acids is 1. The summed E-state index contributed by atoms with van der Waals surface area (Å²) in [4.78, 5) is 10.5. The van der Waals surface area contributed by atoms with Gasteiger partial charge in [-0.05, 0) is 0 Å². The van der Waals surface area contributed by atoms with Gasteiger partial charge in [-0.25, -0.2) is 0 Å². The highest BCUT2D eigenvalue weighted by molar-refractivity contribution is 5.85. The first-order chi connectivity index (χ1) is 4.26. The van der Waals surface area contributed by atoms with Crippen molar-refractivity contribution in [1.29, 1.82) is 10.5 Å². The Hall–Kier alpha value is -1.35. The van der Waals surface area contributed by atoms with E-state index in [9.17, 15) is 4.79 Å². The van der Waals surface area contributed by atoms with E-state index in [1.165, 1.54) is 0 Å². The van der Waals surface area contributed by atoms with Crippen molar-refractivity contribution < 1.29 is 4.79 Å². The van der Waals surface area contributed by atoms with Crippen molar-refractivity contribution >= 4 is 5.78 Å². The van der Waals surface area contributed by atoms with Crippen LogP contribution >= 0.6 is 0 Å². The molecule has 46 valence electrons. The second-order valence-corrected chi connectivity index (χ2v) is 1.51. The Morgan fingerprint density at radius 1 is 1.56 bits per heavy atom. The molecule has 0 amide bonds. The van der Waals surface area contributed by atoms with E-state index < -0.39 is 5.92 Å². The third-order valence-corrected chi connectivity index (χ3v) is 0.929. The standard InChI is InChI=1S/C6H6N2O/c1-2-6(9)5(3-7)4-8/h5H,2H2,1H3. The minimum atomic E-state index is -1.06. The molecular formula is C6H6N2O. The zero-order chi connectivity index (χ0) is 7.28. The summed E-state index contributed by atoms with van der Waals surface area (Å²) in [7, 11) is 0. The average molecular weight is 122 g/mol. The minimum Gasteiger partial charge on any atom is -0.297 e. The van der Waals surface area contributed by atoms with E-state index in [1.54, 1.807) is 19.1 Å². The van der Waals surface area contributed by atoms with Crippen LogP contribution in [0.5, 0.6) is 0 Å². The number of hydrogen-bond donors (Lipinski definition) is 0. The van der Waals surface area contributed by atoms with Crippen molar-refractivity contribution in [3.8, 4) is 12.1 Å². The monoisotopic (exact) mass is 122 g/mol. The van der Waals surface area contributed by atoms with Gasteiger partial charge in [-0.3, -0.25) is 4.79 Å². The number of carbonyl (C=O) groups is 1. The Morgan fingerprint density at radius 2 is 2.00 bits per heavy atom. The molecule has 0 aromatic rings. The highest BCUT2D eigenvalue weighted by Crippen LogP contribution is 1.96. The van der Waals surface area contributed by atoms with Gasteiger partial charge in [0.15, 0.2) is 11.7 Å². The Morgan fingerprint density at radius 3 is 2.11 bits per heavy atom. The Bertz CT molecular complexity index is 170. The molecule has 0 rings (SSSR count). The van der Waals surface area contributed by atoms with Gasteiger partial charge in [0.2, 0.25) is 0 Å². The van der Waals surface area contributed by atoms with Gasteiger partial charge in [0.05, 0.1) is 12.1 Å². The van der Waals surface area contributed by atoms with Crippen LogP contribution in [0, 0.1) is 28.6 Å². The largest absolute Gasteiger partial charge is 0.297 e. The second-order valence-electron chi connectivity index (χ2n) is 1.51. The van der Waals surface area contributed by atoms with Gasteiger partial charge in [-0.1, -0.05) is 6.92 Å². The summed E-state index contributed by atoms with van der Waals surface area (Å²) < 4.78 is 0. The highest BCUT2D eigenvalue weighted by atomic mass is 16.1. The van der Waals surface area contributed by atoms with Crippen molar-refractivity contribution in [1.82, 2.24) is 0 Å². The maximum absolute atomic E-state index is 10.5. The molecule has 0 heterocycles. The lowest BCUT2D eigenvalue weighted by atomic mass is 10.1. The first kappa shape index (κ1) is 7.65. The molecule has 3 nitrogen and oxygen atoms in total. The molecule has 0 saturated heterocycles. The lowest BCUT2D eigenvalue weighted by molar-refractivity contribution is -0.119. The first-order valence-corrected chi connectivity index (χ1v) is 2.58. The zero-order valence-electron chi connectivity index (χ0n) is 5.09. The molecule has 0 N–H and O–H groups in total. The lowest BCUT2D eigenvalue weighted by Gasteiger charge is -1.90. The molecule has 0 aliphatic rings. The smallest absolute Gasteiger partial charge is 0.191 e. The van der Waals surface area contributed by atoms with Crippen LogP contribution in [-0.4, -0.2) is 5.78 Å². The van der Waals surface area contributed by atoms with Crippen LogP contribution in [0.15, 0.2) is 0 Å². The summed E-state index contributed by atoms with van der Waals surface area (Å²) in [5, 5.41) is 16.3. The molecule has 3 heteroatoms. The molecule has 0 fully saturated rings. The van der Waals surface area contributed by atoms with Gasteiger partial charge in [0.25, 0.3) is 0 Å². The molecule has 0 aromatic carbocycles. The average Bonchev–Trinajstić information content (AvgIpc) is 1.90. The van der Waals surface area contributed by atoms with Gasteiger partial charge >= 0.3 is 0 Å². The fraction of sp³-hybridized carbons (Fsp3) is 0.500. The van der Waals surface area contributed by atoms with E-state index >= 15 is 0 Å². The molecule has 0 atom stereocenters. The molecule has 0 saturated carbocycles. The number of ketones is 1. The van der Waals surface area contributed by atoms with E-state index in [0.717, 1.165) is 0 Å². The molecule has 0 aliphatic carbocycles. The normalized spacial score (nSPS) is 8.00. The molecule has 0 bridgehead atoms. The van der Waals surface area contributed by atoms with Crippen LogP contribution in [0.1, 0.15) is 13.3 Å². The van der Waals surface area contributed by atoms with Crippen LogP contribution < -0.4 is 0 Å². The summed E-state index contributed by atoms with van der Waals surface area (Å²) in [5.74, 6) is -1.37. The van der Waals surface area contributed by atoms with Crippen molar-refractivity contribution in [2.45, 2.75) is 13.3 Å². The highest BCUT2D eigenvalue weighted by Gasteiger charge is 2.12. The molecule has 9 heavy (non-hydrogen) atoms. The molecule has 0 aromatic heterocycles. The second kappa shape index (κ2) is 3.63. The van der Waals surface area contributed by atoms with Crippen molar-refractivity contribution in [3.05, 3.63) is 0 Å². The molecule has 0 radical (unpaired) electrons. The SMILES string of the molecule is CCC(=O)C(C#N)C#N. The zero-order valence-corrected chi connectivity index (χ0v) is 5.09. The van der Waals surface area contributed by atoms with Crippen LogP contribution in [0.2, 0.25) is 0 Å². The third-order valence-electron chi connectivity index (χ3n) is 0.929. The van der Waals surface area contributed by atoms with Crippen LogP contribution in [0.3, 0.4) is 0 Å². The van der Waals surface area contributed by atoms with Crippen LogP contribution in [0.4, 0.5) is 0 Å². The van der Waals surface area contributed by atoms with E-state index in [1.807, 2.05) is 0 Å². The van der Waals surface area contributed by atoms with Gasteiger partial charge in [0.1, 0.15) is 0 Å². The summed E-state index contributed by atoms with van der Waals surface area (Å²) >= 11 is 0. The number of hydrogen-bond acceptors (Lipinski definition) is 3. The molecule has 0 unspecified atom stereocenters. The van der Waals surface area contributed by atoms with E-state index in [-0.39, 0.29) is 12.2 Å². The Labute approximate surface area is 53.5 Å². The number of Topliss-reactive ketones (excluding diaryl/α,β-unsaturated/α-hetero) is 1. The molecule has 0 spiro atoms. The number of nitriles is 2. The summed E-state index contributed by atoms with van der Waals surface area (Å²) in [5.41, 5.74) is 0. The predicted octanol–water partition coefficient (Wildman–Crippen LogP) is 0.629. The van der Waals surface area contributed by atoms with Gasteiger partial charge in [-0.2, -0.15) is 10.5 Å². The Kier molecular flexibility index (Phi) is 3.08. The molecule has 0 aliphatic heterocycles. The van der Waals surface area contributed by atoms with Gasteiger partial charge in [0, 0.05) is 6.42 Å². The topological polar surface area (TPSA) is 64.7 Å². The quantitative estimate of drug-likeness (QED) is 0.539. The third kappa shape index (κ3) is 1.92. The summed E-state index contributed by atoms with van der Waals surface area (Å²) in [6.45, 7) is 1.63. The Balaban J connectivity index is 4.05. The summed E-state index contributed by atoms with van der Waals surface area (Å²) in [6.07, 6.45) is 0.256. The van der Waals surface area contributed by atoms with Crippen LogP contribution in [-0.2, 0) is 4.79 Å². The van der Waals surface area contributed by atoms with Crippen molar-refractivity contribution in [3.63, 3.8) is 0 Å². The van der Waals surface area contributed by atoms with Gasteiger partial charge in [-0.15, -0.1) is 0 Å². The fourth-order valence-corrected chi connectivity index (χ4v) is 0.377. The maximum atomic E-state index is 10.5. The van der Waals surface area contributed by atoms with E-state index in [0.29, 0.717) is 0 Å². The minimum absolute atomic E-state index is 0.256. The van der Waals surface area contributed by atoms with Crippen molar-refractivity contribution in [2.24, 2.45) is 5.92 Å². The maximum Gasteiger partial charge on any atom is 0.191 e. The first-order valence-electron chi connectivity index (χ1n) is 2.58. The molecular weight excluding hydrogens is 116 g/mol.